The lowest BCUT2D eigenvalue weighted by Gasteiger charge is -2.49. The first-order valence-electron chi connectivity index (χ1n) is 13.6. The molecular formula is C27H36N8O3S. The van der Waals surface area contributed by atoms with Crippen molar-refractivity contribution in [1.82, 2.24) is 29.6 Å². The molecule has 39 heavy (non-hydrogen) atoms. The number of piperazine rings is 1. The minimum Gasteiger partial charge on any atom is -0.350 e. The van der Waals surface area contributed by atoms with Crippen LogP contribution in [0, 0.1) is 0 Å². The number of hydrogen-bond acceptors (Lipinski definition) is 9. The van der Waals surface area contributed by atoms with Crippen molar-refractivity contribution in [2.24, 2.45) is 0 Å². The van der Waals surface area contributed by atoms with Gasteiger partial charge < -0.3 is 14.7 Å². The van der Waals surface area contributed by atoms with Crippen LogP contribution in [0.1, 0.15) is 53.5 Å². The summed E-state index contributed by atoms with van der Waals surface area (Å²) in [4.78, 5) is 33.8. The number of aromatic nitrogens is 5. The van der Waals surface area contributed by atoms with Crippen LogP contribution in [0.4, 0.5) is 17.5 Å². The predicted octanol–water partition coefficient (Wildman–Crippen LogP) is 2.67. The molecule has 0 aliphatic carbocycles. The van der Waals surface area contributed by atoms with Gasteiger partial charge in [-0.1, -0.05) is 13.8 Å². The second-order valence-electron chi connectivity index (χ2n) is 12.0. The first-order chi connectivity index (χ1) is 18.4. The minimum absolute atomic E-state index is 0.0474. The van der Waals surface area contributed by atoms with Crippen LogP contribution in [0.3, 0.4) is 0 Å². The molecule has 2 saturated heterocycles. The van der Waals surface area contributed by atoms with Crippen molar-refractivity contribution >= 4 is 44.1 Å². The zero-order valence-corrected chi connectivity index (χ0v) is 24.2. The van der Waals surface area contributed by atoms with Gasteiger partial charge in [0.05, 0.1) is 17.5 Å². The summed E-state index contributed by atoms with van der Waals surface area (Å²) in [6, 6.07) is 1.86. The van der Waals surface area contributed by atoms with Gasteiger partial charge in [0, 0.05) is 66.9 Å². The van der Waals surface area contributed by atoms with Crippen molar-refractivity contribution in [2.75, 3.05) is 35.2 Å². The third kappa shape index (κ3) is 3.74. The molecule has 3 atom stereocenters. The van der Waals surface area contributed by atoms with Crippen molar-refractivity contribution in [2.45, 2.75) is 76.8 Å². The van der Waals surface area contributed by atoms with Crippen LogP contribution in [0.2, 0.25) is 0 Å². The van der Waals surface area contributed by atoms with Gasteiger partial charge in [0.15, 0.2) is 9.84 Å². The van der Waals surface area contributed by atoms with Gasteiger partial charge in [-0.15, -0.1) is 0 Å². The van der Waals surface area contributed by atoms with Gasteiger partial charge in [0.2, 0.25) is 5.91 Å². The molecule has 6 heterocycles. The summed E-state index contributed by atoms with van der Waals surface area (Å²) >= 11 is 0. The van der Waals surface area contributed by atoms with Crippen LogP contribution in [-0.2, 0) is 26.6 Å². The van der Waals surface area contributed by atoms with Gasteiger partial charge in [0.25, 0.3) is 0 Å². The smallest absolute Gasteiger partial charge is 0.244 e. The van der Waals surface area contributed by atoms with Gasteiger partial charge in [-0.25, -0.2) is 23.4 Å². The maximum atomic E-state index is 13.4. The fourth-order valence-electron chi connectivity index (χ4n) is 6.32. The summed E-state index contributed by atoms with van der Waals surface area (Å²) < 4.78 is 25.6. The van der Waals surface area contributed by atoms with Crippen molar-refractivity contribution in [1.29, 1.82) is 0 Å². The van der Waals surface area contributed by atoms with E-state index in [0.717, 1.165) is 40.5 Å². The highest BCUT2D eigenvalue weighted by atomic mass is 32.2. The van der Waals surface area contributed by atoms with Gasteiger partial charge >= 0.3 is 0 Å². The average molecular weight is 553 g/mol. The van der Waals surface area contributed by atoms with E-state index in [-0.39, 0.29) is 29.2 Å². The van der Waals surface area contributed by atoms with Crippen LogP contribution in [0.25, 0.3) is 10.9 Å². The van der Waals surface area contributed by atoms with E-state index < -0.39 is 14.6 Å². The van der Waals surface area contributed by atoms with E-state index in [2.05, 4.69) is 48.7 Å². The SMILES string of the molecule is CCn1ncc2cnc(N3CC(C)(C)c4c3ncnc4N3C[C@@H](C)N(C(=O)[C@]4(C)CCS4(=O)=O)C[C@@H]3C)cc21. The number of nitrogens with zero attached hydrogens (tertiary/aromatic N) is 8. The monoisotopic (exact) mass is 552 g/mol. The van der Waals surface area contributed by atoms with Crippen LogP contribution in [0.5, 0.6) is 0 Å². The van der Waals surface area contributed by atoms with Crippen molar-refractivity contribution < 1.29 is 13.2 Å². The lowest BCUT2D eigenvalue weighted by Crippen LogP contribution is -2.66. The normalized spacial score (nSPS) is 27.5. The number of anilines is 3. The highest BCUT2D eigenvalue weighted by molar-refractivity contribution is 7.95. The molecule has 0 unspecified atom stereocenters. The zero-order chi connectivity index (χ0) is 27.9. The Morgan fingerprint density at radius 2 is 1.79 bits per heavy atom. The van der Waals surface area contributed by atoms with Crippen molar-refractivity contribution in [3.8, 4) is 0 Å². The molecule has 11 nitrogen and oxygen atoms in total. The number of fused-ring (bicyclic) bond motifs is 2. The van der Waals surface area contributed by atoms with Gasteiger partial charge in [-0.3, -0.25) is 9.48 Å². The molecule has 208 valence electrons. The molecule has 0 spiro atoms. The Kier molecular flexibility index (Phi) is 5.73. The van der Waals surface area contributed by atoms with Crippen molar-refractivity contribution in [3.05, 3.63) is 30.4 Å². The van der Waals surface area contributed by atoms with E-state index in [1.165, 1.54) is 0 Å². The number of sulfone groups is 1. The van der Waals surface area contributed by atoms with Crippen LogP contribution in [0.15, 0.2) is 24.8 Å². The predicted molar refractivity (Wildman–Crippen MR) is 150 cm³/mol. The van der Waals surface area contributed by atoms with Crippen LogP contribution < -0.4 is 9.80 Å². The number of amides is 1. The summed E-state index contributed by atoms with van der Waals surface area (Å²) in [5, 5.41) is 5.46. The molecule has 0 N–H and O–H groups in total. The Bertz CT molecular complexity index is 1580. The van der Waals surface area contributed by atoms with Crippen molar-refractivity contribution in [3.63, 3.8) is 0 Å². The van der Waals surface area contributed by atoms with E-state index in [1.807, 2.05) is 24.0 Å². The Balaban J connectivity index is 1.33. The van der Waals surface area contributed by atoms with E-state index in [4.69, 9.17) is 15.0 Å². The van der Waals surface area contributed by atoms with E-state index in [1.54, 1.807) is 18.2 Å². The number of carbonyl (C=O) groups is 1. The number of aryl methyl sites for hydroxylation is 1. The summed E-state index contributed by atoms with van der Waals surface area (Å²) in [5.74, 6) is 2.33. The summed E-state index contributed by atoms with van der Waals surface area (Å²) in [6.45, 7) is 14.6. The molecule has 3 aliphatic rings. The highest BCUT2D eigenvalue weighted by Gasteiger charge is 2.57. The Labute approximate surface area is 229 Å². The first-order valence-corrected chi connectivity index (χ1v) is 15.3. The molecule has 6 rings (SSSR count). The van der Waals surface area contributed by atoms with Gasteiger partial charge in [-0.05, 0) is 34.1 Å². The minimum atomic E-state index is -3.39. The molecule has 2 fully saturated rings. The van der Waals surface area contributed by atoms with Crippen LogP contribution >= 0.6 is 0 Å². The van der Waals surface area contributed by atoms with E-state index >= 15 is 0 Å². The Morgan fingerprint density at radius 1 is 1.05 bits per heavy atom. The standard InChI is InChI=1S/C27H36N8O3S/c1-7-35-20-10-21(28-11-19(20)12-31-35)34-15-26(4,5)22-23(29-16-30-24(22)34)32-13-18(3)33(14-17(32)2)25(36)27(6)8-9-39(27,37)38/h10-12,16-18H,7-9,13-15H2,1-6H3/t17-,18+,27-/m0/s1. The van der Waals surface area contributed by atoms with E-state index in [9.17, 15) is 13.2 Å². The highest BCUT2D eigenvalue weighted by Crippen LogP contribution is 2.47. The second-order valence-corrected chi connectivity index (χ2v) is 14.6. The summed E-state index contributed by atoms with van der Waals surface area (Å²) in [6.07, 6.45) is 5.69. The zero-order valence-electron chi connectivity index (χ0n) is 23.4. The molecule has 3 aromatic heterocycles. The molecule has 0 saturated carbocycles. The van der Waals surface area contributed by atoms with Gasteiger partial charge in [-0.2, -0.15) is 5.10 Å². The van der Waals surface area contributed by atoms with E-state index in [0.29, 0.717) is 26.1 Å². The molecule has 0 aromatic carbocycles. The fraction of sp³-hybridized carbons (Fsp3) is 0.593. The maximum absolute atomic E-state index is 13.4. The first kappa shape index (κ1) is 26.0. The molecular weight excluding hydrogens is 516 g/mol. The topological polar surface area (TPSA) is 117 Å². The molecule has 0 radical (unpaired) electrons. The number of carbonyl (C=O) groups excluding carboxylic acids is 1. The van der Waals surface area contributed by atoms with Crippen LogP contribution in [-0.4, -0.2) is 86.2 Å². The Hall–Kier alpha value is -3.28. The average Bonchev–Trinajstić information content (AvgIpc) is 3.45. The van der Waals surface area contributed by atoms with Gasteiger partial charge in [0.1, 0.15) is 28.5 Å². The third-order valence-electron chi connectivity index (χ3n) is 8.89. The summed E-state index contributed by atoms with van der Waals surface area (Å²) in [5.41, 5.74) is 1.84. The molecule has 3 aliphatic heterocycles. The maximum Gasteiger partial charge on any atom is 0.244 e. The number of rotatable bonds is 4. The largest absolute Gasteiger partial charge is 0.350 e. The number of pyridine rings is 1. The molecule has 12 heteroatoms. The fourth-order valence-corrected chi connectivity index (χ4v) is 7.85. The lowest BCUT2D eigenvalue weighted by atomic mass is 9.87. The molecule has 0 bridgehead atoms. The molecule has 3 aromatic rings. The summed E-state index contributed by atoms with van der Waals surface area (Å²) in [7, 11) is -3.39. The molecule has 1 amide bonds. The Morgan fingerprint density at radius 3 is 2.46 bits per heavy atom. The second kappa shape index (κ2) is 8.61. The quantitative estimate of drug-likeness (QED) is 0.481. The number of hydrogen-bond donors (Lipinski definition) is 0. The lowest BCUT2D eigenvalue weighted by molar-refractivity contribution is -0.137. The third-order valence-corrected chi connectivity index (χ3v) is 11.4.